The van der Waals surface area contributed by atoms with Crippen LogP contribution in [0.2, 0.25) is 0 Å². The molecular weight excluding hydrogens is 392 g/mol. The molecule has 1 saturated heterocycles. The number of aromatic nitrogens is 2. The first-order valence-electron chi connectivity index (χ1n) is 11.1. The third kappa shape index (κ3) is 4.72. The fourth-order valence-corrected chi connectivity index (χ4v) is 4.68. The zero-order valence-electron chi connectivity index (χ0n) is 18.6. The average Bonchev–Trinajstić information content (AvgIpc) is 3.04. The van der Waals surface area contributed by atoms with Gasteiger partial charge in [0.1, 0.15) is 0 Å². The van der Waals surface area contributed by atoms with E-state index in [2.05, 4.69) is 29.2 Å². The lowest BCUT2D eigenvalue weighted by Crippen LogP contribution is -2.40. The van der Waals surface area contributed by atoms with Gasteiger partial charge >= 0.3 is 0 Å². The number of fused-ring (bicyclic) bond motifs is 1. The van der Waals surface area contributed by atoms with Gasteiger partial charge in [0.2, 0.25) is 0 Å². The first kappa shape index (κ1) is 21.7. The molecule has 0 bridgehead atoms. The van der Waals surface area contributed by atoms with E-state index < -0.39 is 0 Å². The molecule has 166 valence electrons. The molecule has 0 atom stereocenters. The Morgan fingerprint density at radius 3 is 2.55 bits per heavy atom. The summed E-state index contributed by atoms with van der Waals surface area (Å²) in [4.78, 5) is 27.4. The van der Waals surface area contributed by atoms with Crippen molar-refractivity contribution in [3.63, 3.8) is 0 Å². The summed E-state index contributed by atoms with van der Waals surface area (Å²) in [6.45, 7) is 9.23. The third-order valence-electron chi connectivity index (χ3n) is 6.36. The van der Waals surface area contributed by atoms with Crippen LogP contribution < -0.4 is 5.32 Å². The van der Waals surface area contributed by atoms with Crippen LogP contribution in [0.15, 0.2) is 24.3 Å². The van der Waals surface area contributed by atoms with Gasteiger partial charge in [-0.05, 0) is 55.9 Å². The number of nitrogens with zero attached hydrogens (tertiary/aromatic N) is 3. The standard InChI is InChI=1S/C24H32N4O3/c1-16-22-20(14-24(2,3)15-21(22)30)28(26-16)18-6-4-17(5-7-18)23(31)25-10-13-27-11-8-19(29)9-12-27/h4-7,19,29H,8-15H2,1-3H3,(H,25,31). The minimum atomic E-state index is -0.183. The molecular formula is C24H32N4O3. The Kier molecular flexibility index (Phi) is 5.99. The highest BCUT2D eigenvalue weighted by Crippen LogP contribution is 2.36. The van der Waals surface area contributed by atoms with Crippen LogP contribution in [0, 0.1) is 12.3 Å². The maximum atomic E-state index is 12.6. The van der Waals surface area contributed by atoms with Crippen LogP contribution in [0.1, 0.15) is 65.2 Å². The summed E-state index contributed by atoms with van der Waals surface area (Å²) in [5, 5.41) is 17.2. The van der Waals surface area contributed by atoms with Gasteiger partial charge in [-0.25, -0.2) is 4.68 Å². The summed E-state index contributed by atoms with van der Waals surface area (Å²) in [7, 11) is 0. The first-order valence-corrected chi connectivity index (χ1v) is 11.1. The van der Waals surface area contributed by atoms with E-state index in [0.717, 1.165) is 61.5 Å². The summed E-state index contributed by atoms with van der Waals surface area (Å²) >= 11 is 0. The van der Waals surface area contributed by atoms with Crippen LogP contribution in [0.25, 0.3) is 5.69 Å². The lowest BCUT2D eigenvalue weighted by atomic mass is 9.75. The van der Waals surface area contributed by atoms with Gasteiger partial charge in [0.15, 0.2) is 5.78 Å². The summed E-state index contributed by atoms with van der Waals surface area (Å²) in [6, 6.07) is 7.39. The van der Waals surface area contributed by atoms with Crippen molar-refractivity contribution in [2.75, 3.05) is 26.2 Å². The highest BCUT2D eigenvalue weighted by Gasteiger charge is 2.35. The number of ketones is 1. The molecule has 0 saturated carbocycles. The second-order valence-corrected chi connectivity index (χ2v) is 9.64. The number of aliphatic hydroxyl groups is 1. The minimum Gasteiger partial charge on any atom is -0.393 e. The van der Waals surface area contributed by atoms with Gasteiger partial charge in [0.25, 0.3) is 5.91 Å². The van der Waals surface area contributed by atoms with Crippen molar-refractivity contribution >= 4 is 11.7 Å². The molecule has 2 heterocycles. The van der Waals surface area contributed by atoms with E-state index in [1.165, 1.54) is 0 Å². The predicted molar refractivity (Wildman–Crippen MR) is 119 cm³/mol. The monoisotopic (exact) mass is 424 g/mol. The molecule has 2 aromatic rings. The number of Topliss-reactive ketones (excluding diaryl/α,β-unsaturated/α-hetero) is 1. The molecule has 0 radical (unpaired) electrons. The Morgan fingerprint density at radius 2 is 1.87 bits per heavy atom. The number of aliphatic hydroxyl groups excluding tert-OH is 1. The van der Waals surface area contributed by atoms with E-state index in [1.54, 1.807) is 12.1 Å². The van der Waals surface area contributed by atoms with Gasteiger partial charge in [-0.3, -0.25) is 9.59 Å². The maximum absolute atomic E-state index is 12.6. The number of carbonyl (C=O) groups is 2. The van der Waals surface area contributed by atoms with E-state index in [-0.39, 0.29) is 23.2 Å². The van der Waals surface area contributed by atoms with E-state index in [4.69, 9.17) is 0 Å². The largest absolute Gasteiger partial charge is 0.393 e. The third-order valence-corrected chi connectivity index (χ3v) is 6.36. The zero-order chi connectivity index (χ0) is 22.2. The molecule has 1 aromatic heterocycles. The van der Waals surface area contributed by atoms with Crippen molar-refractivity contribution in [1.29, 1.82) is 0 Å². The van der Waals surface area contributed by atoms with Crippen LogP contribution in [0.3, 0.4) is 0 Å². The molecule has 1 fully saturated rings. The van der Waals surface area contributed by atoms with Crippen LogP contribution in [-0.2, 0) is 6.42 Å². The van der Waals surface area contributed by atoms with Crippen molar-refractivity contribution in [1.82, 2.24) is 20.0 Å². The second kappa shape index (κ2) is 8.55. The summed E-state index contributed by atoms with van der Waals surface area (Å²) < 4.78 is 1.86. The van der Waals surface area contributed by atoms with Crippen molar-refractivity contribution in [2.45, 2.75) is 52.6 Å². The number of carbonyl (C=O) groups excluding carboxylic acids is 2. The van der Waals surface area contributed by atoms with Crippen molar-refractivity contribution in [2.24, 2.45) is 5.41 Å². The van der Waals surface area contributed by atoms with Gasteiger partial charge < -0.3 is 15.3 Å². The molecule has 7 nitrogen and oxygen atoms in total. The summed E-state index contributed by atoms with van der Waals surface area (Å²) in [5.74, 6) is 0.0628. The number of nitrogens with one attached hydrogen (secondary N) is 1. The van der Waals surface area contributed by atoms with E-state index in [0.29, 0.717) is 18.5 Å². The molecule has 0 unspecified atom stereocenters. The number of amides is 1. The normalized spacial score (nSPS) is 19.3. The lowest BCUT2D eigenvalue weighted by Gasteiger charge is -2.29. The first-order chi connectivity index (χ1) is 14.7. The van der Waals surface area contributed by atoms with E-state index in [1.807, 2.05) is 23.7 Å². The predicted octanol–water partition coefficient (Wildman–Crippen LogP) is 2.52. The molecule has 1 aliphatic carbocycles. The van der Waals surface area contributed by atoms with Crippen LogP contribution in [-0.4, -0.2) is 63.8 Å². The molecule has 31 heavy (non-hydrogen) atoms. The number of rotatable bonds is 5. The number of hydrogen-bond donors (Lipinski definition) is 2. The topological polar surface area (TPSA) is 87.5 Å². The van der Waals surface area contributed by atoms with Crippen LogP contribution >= 0.6 is 0 Å². The van der Waals surface area contributed by atoms with Gasteiger partial charge in [-0.2, -0.15) is 5.10 Å². The smallest absolute Gasteiger partial charge is 0.251 e. The molecule has 1 amide bonds. The SMILES string of the molecule is Cc1nn(-c2ccc(C(=O)NCCN3CCC(O)CC3)cc2)c2c1C(=O)CC(C)(C)C2. The van der Waals surface area contributed by atoms with Gasteiger partial charge in [-0.1, -0.05) is 13.8 Å². The highest BCUT2D eigenvalue weighted by atomic mass is 16.3. The Balaban J connectivity index is 1.41. The van der Waals surface area contributed by atoms with Gasteiger partial charge in [0, 0.05) is 38.2 Å². The lowest BCUT2D eigenvalue weighted by molar-refractivity contribution is 0.0804. The number of hydrogen-bond acceptors (Lipinski definition) is 5. The Bertz CT molecular complexity index is 969. The Labute approximate surface area is 183 Å². The number of likely N-dealkylation sites (tertiary alicyclic amines) is 1. The van der Waals surface area contributed by atoms with Crippen molar-refractivity contribution in [3.8, 4) is 5.69 Å². The van der Waals surface area contributed by atoms with Crippen LogP contribution in [0.4, 0.5) is 0 Å². The molecule has 1 aromatic carbocycles. The number of aryl methyl sites for hydroxylation is 1. The van der Waals surface area contributed by atoms with E-state index >= 15 is 0 Å². The quantitative estimate of drug-likeness (QED) is 0.770. The van der Waals surface area contributed by atoms with Crippen molar-refractivity contribution in [3.05, 3.63) is 46.8 Å². The molecule has 7 heteroatoms. The summed E-state index contributed by atoms with van der Waals surface area (Å²) in [6.07, 6.45) is 2.76. The van der Waals surface area contributed by atoms with E-state index in [9.17, 15) is 14.7 Å². The average molecular weight is 425 g/mol. The zero-order valence-corrected chi connectivity index (χ0v) is 18.6. The molecule has 1 aliphatic heterocycles. The fraction of sp³-hybridized carbons (Fsp3) is 0.542. The molecule has 2 aliphatic rings. The minimum absolute atomic E-state index is 0.0828. The molecule has 0 spiro atoms. The highest BCUT2D eigenvalue weighted by molar-refractivity contribution is 6.00. The Morgan fingerprint density at radius 1 is 1.19 bits per heavy atom. The number of benzene rings is 1. The molecule has 4 rings (SSSR count). The Hall–Kier alpha value is -2.51. The van der Waals surface area contributed by atoms with Gasteiger partial charge in [0.05, 0.1) is 28.7 Å². The van der Waals surface area contributed by atoms with Crippen molar-refractivity contribution < 1.29 is 14.7 Å². The number of piperidine rings is 1. The van der Waals surface area contributed by atoms with Gasteiger partial charge in [-0.15, -0.1) is 0 Å². The second-order valence-electron chi connectivity index (χ2n) is 9.64. The summed E-state index contributed by atoms with van der Waals surface area (Å²) in [5.41, 5.74) is 3.86. The maximum Gasteiger partial charge on any atom is 0.251 e. The van der Waals surface area contributed by atoms with Crippen LogP contribution in [0.5, 0.6) is 0 Å². The molecule has 2 N–H and O–H groups in total. The fourth-order valence-electron chi connectivity index (χ4n) is 4.68.